The summed E-state index contributed by atoms with van der Waals surface area (Å²) >= 11 is 0. The van der Waals surface area contributed by atoms with Crippen molar-refractivity contribution < 1.29 is 14.6 Å². The first-order valence-corrected chi connectivity index (χ1v) is 5.94. The van der Waals surface area contributed by atoms with Crippen LogP contribution in [0.25, 0.3) is 0 Å². The molecule has 1 aromatic carbocycles. The summed E-state index contributed by atoms with van der Waals surface area (Å²) in [6.07, 6.45) is 0.214. The van der Waals surface area contributed by atoms with Gasteiger partial charge in [-0.25, -0.2) is 0 Å². The molecule has 0 saturated carbocycles. The first kappa shape index (κ1) is 14.0. The van der Waals surface area contributed by atoms with Crippen LogP contribution in [0.15, 0.2) is 24.3 Å². The molecular weight excluding hydrogens is 218 g/mol. The van der Waals surface area contributed by atoms with Gasteiger partial charge in [0.2, 0.25) is 0 Å². The maximum Gasteiger partial charge on any atom is 0.172 e. The lowest BCUT2D eigenvalue weighted by molar-refractivity contribution is -0.148. The van der Waals surface area contributed by atoms with Crippen molar-refractivity contribution in [2.75, 3.05) is 13.2 Å². The first-order valence-electron chi connectivity index (χ1n) is 5.94. The third-order valence-corrected chi connectivity index (χ3v) is 2.39. The monoisotopic (exact) mass is 239 g/mol. The van der Waals surface area contributed by atoms with Gasteiger partial charge in [0, 0.05) is 13.2 Å². The molecule has 0 heterocycles. The molecule has 4 nitrogen and oxygen atoms in total. The van der Waals surface area contributed by atoms with Crippen molar-refractivity contribution in [3.8, 4) is 5.75 Å². The van der Waals surface area contributed by atoms with Crippen molar-refractivity contribution in [2.45, 2.75) is 32.6 Å². The molecule has 0 radical (unpaired) electrons. The first-order chi connectivity index (χ1) is 8.17. The molecule has 1 atom stereocenters. The smallest absolute Gasteiger partial charge is 0.172 e. The zero-order chi connectivity index (χ0) is 12.7. The Morgan fingerprint density at radius 2 is 1.88 bits per heavy atom. The number of aromatic hydroxyl groups is 1. The number of hydrogen-bond acceptors (Lipinski definition) is 4. The van der Waals surface area contributed by atoms with Gasteiger partial charge in [0.1, 0.15) is 5.75 Å². The maximum atomic E-state index is 9.37. The van der Waals surface area contributed by atoms with E-state index in [1.54, 1.807) is 18.2 Å². The second-order valence-electron chi connectivity index (χ2n) is 3.82. The Morgan fingerprint density at radius 3 is 2.41 bits per heavy atom. The minimum Gasteiger partial charge on any atom is -0.508 e. The van der Waals surface area contributed by atoms with Crippen molar-refractivity contribution in [3.63, 3.8) is 0 Å². The predicted octanol–water partition coefficient (Wildman–Crippen LogP) is 1.66. The molecule has 0 bridgehead atoms. The van der Waals surface area contributed by atoms with Gasteiger partial charge in [0.25, 0.3) is 0 Å². The Kier molecular flexibility index (Phi) is 5.97. The van der Waals surface area contributed by atoms with Crippen LogP contribution in [0.1, 0.15) is 19.4 Å². The SMILES string of the molecule is CCOC(OCC)C(N)Cc1cccc(O)c1. The molecule has 0 saturated heterocycles. The zero-order valence-electron chi connectivity index (χ0n) is 10.4. The van der Waals surface area contributed by atoms with E-state index in [0.29, 0.717) is 19.6 Å². The molecule has 1 unspecified atom stereocenters. The summed E-state index contributed by atoms with van der Waals surface area (Å²) in [6.45, 7) is 4.96. The fourth-order valence-corrected chi connectivity index (χ4v) is 1.68. The number of phenolic OH excluding ortho intramolecular Hbond substituents is 1. The Balaban J connectivity index is 2.59. The highest BCUT2D eigenvalue weighted by Gasteiger charge is 2.18. The number of phenols is 1. The van der Waals surface area contributed by atoms with Crippen LogP contribution in [0.3, 0.4) is 0 Å². The lowest BCUT2D eigenvalue weighted by Gasteiger charge is -2.23. The fourth-order valence-electron chi connectivity index (χ4n) is 1.68. The molecule has 0 aromatic heterocycles. The molecule has 0 amide bonds. The fraction of sp³-hybridized carbons (Fsp3) is 0.538. The third-order valence-electron chi connectivity index (χ3n) is 2.39. The van der Waals surface area contributed by atoms with Gasteiger partial charge >= 0.3 is 0 Å². The largest absolute Gasteiger partial charge is 0.508 e. The summed E-state index contributed by atoms with van der Waals surface area (Å²) in [6, 6.07) is 6.83. The van der Waals surface area contributed by atoms with Crippen LogP contribution >= 0.6 is 0 Å². The summed E-state index contributed by atoms with van der Waals surface area (Å²) in [5.74, 6) is 0.249. The molecule has 4 heteroatoms. The number of nitrogens with two attached hydrogens (primary N) is 1. The molecule has 0 aliphatic heterocycles. The standard InChI is InChI=1S/C13H21NO3/c1-3-16-13(17-4-2)12(14)9-10-6-5-7-11(15)8-10/h5-8,12-13,15H,3-4,9,14H2,1-2H3. The Labute approximate surface area is 102 Å². The molecule has 0 aliphatic carbocycles. The maximum absolute atomic E-state index is 9.37. The van der Waals surface area contributed by atoms with E-state index >= 15 is 0 Å². The van der Waals surface area contributed by atoms with Crippen molar-refractivity contribution in [1.82, 2.24) is 0 Å². The van der Waals surface area contributed by atoms with Crippen LogP contribution in [0.4, 0.5) is 0 Å². The van der Waals surface area contributed by atoms with Crippen LogP contribution in [0.5, 0.6) is 5.75 Å². The van der Waals surface area contributed by atoms with Gasteiger partial charge < -0.3 is 20.3 Å². The van der Waals surface area contributed by atoms with Crippen LogP contribution in [-0.4, -0.2) is 30.7 Å². The highest BCUT2D eigenvalue weighted by Crippen LogP contribution is 2.14. The molecule has 3 N–H and O–H groups in total. The second kappa shape index (κ2) is 7.27. The van der Waals surface area contributed by atoms with Crippen LogP contribution in [0.2, 0.25) is 0 Å². The van der Waals surface area contributed by atoms with E-state index in [1.165, 1.54) is 0 Å². The van der Waals surface area contributed by atoms with Gasteiger partial charge in [-0.3, -0.25) is 0 Å². The molecular formula is C13H21NO3. The number of rotatable bonds is 7. The van der Waals surface area contributed by atoms with Crippen LogP contribution in [0, 0.1) is 0 Å². The lowest BCUT2D eigenvalue weighted by atomic mass is 10.1. The van der Waals surface area contributed by atoms with Gasteiger partial charge in [-0.2, -0.15) is 0 Å². The van der Waals surface area contributed by atoms with Crippen molar-refractivity contribution in [2.24, 2.45) is 5.73 Å². The van der Waals surface area contributed by atoms with E-state index < -0.39 is 6.29 Å². The normalized spacial score (nSPS) is 12.9. The summed E-state index contributed by atoms with van der Waals surface area (Å²) < 4.78 is 10.9. The predicted molar refractivity (Wildman–Crippen MR) is 66.8 cm³/mol. The summed E-state index contributed by atoms with van der Waals surface area (Å²) in [5.41, 5.74) is 7.01. The Bertz CT molecular complexity index is 324. The van der Waals surface area contributed by atoms with Crippen molar-refractivity contribution in [3.05, 3.63) is 29.8 Å². The number of benzene rings is 1. The van der Waals surface area contributed by atoms with Gasteiger partial charge in [-0.1, -0.05) is 12.1 Å². The Hall–Kier alpha value is -1.10. The van der Waals surface area contributed by atoms with Crippen molar-refractivity contribution in [1.29, 1.82) is 0 Å². The highest BCUT2D eigenvalue weighted by atomic mass is 16.7. The van der Waals surface area contributed by atoms with E-state index in [2.05, 4.69) is 0 Å². The average Bonchev–Trinajstić information content (AvgIpc) is 2.28. The molecule has 1 aromatic rings. The van der Waals surface area contributed by atoms with Crippen LogP contribution < -0.4 is 5.73 Å². The van der Waals surface area contributed by atoms with Crippen LogP contribution in [-0.2, 0) is 15.9 Å². The number of hydrogen-bond donors (Lipinski definition) is 2. The lowest BCUT2D eigenvalue weighted by Crippen LogP contribution is -2.40. The summed E-state index contributed by atoms with van der Waals surface area (Å²) in [4.78, 5) is 0. The van der Waals surface area contributed by atoms with E-state index in [9.17, 15) is 5.11 Å². The topological polar surface area (TPSA) is 64.7 Å². The molecule has 0 spiro atoms. The van der Waals surface area contributed by atoms with E-state index in [1.807, 2.05) is 19.9 Å². The van der Waals surface area contributed by atoms with Gasteiger partial charge in [0.05, 0.1) is 6.04 Å². The van der Waals surface area contributed by atoms with Gasteiger partial charge in [-0.15, -0.1) is 0 Å². The van der Waals surface area contributed by atoms with Crippen molar-refractivity contribution >= 4 is 0 Å². The minimum absolute atomic E-state index is 0.239. The Morgan fingerprint density at radius 1 is 1.24 bits per heavy atom. The highest BCUT2D eigenvalue weighted by molar-refractivity contribution is 5.27. The van der Waals surface area contributed by atoms with Gasteiger partial charge in [-0.05, 0) is 38.0 Å². The zero-order valence-corrected chi connectivity index (χ0v) is 10.4. The average molecular weight is 239 g/mol. The molecule has 1 rings (SSSR count). The van der Waals surface area contributed by atoms with E-state index in [0.717, 1.165) is 5.56 Å². The van der Waals surface area contributed by atoms with E-state index in [-0.39, 0.29) is 11.8 Å². The molecule has 96 valence electrons. The number of ether oxygens (including phenoxy) is 2. The summed E-state index contributed by atoms with van der Waals surface area (Å²) in [5, 5.41) is 9.37. The minimum atomic E-state index is -0.396. The quantitative estimate of drug-likeness (QED) is 0.710. The molecule has 0 fully saturated rings. The van der Waals surface area contributed by atoms with Gasteiger partial charge in [0.15, 0.2) is 6.29 Å². The summed E-state index contributed by atoms with van der Waals surface area (Å²) in [7, 11) is 0. The third kappa shape index (κ3) is 4.73. The molecule has 17 heavy (non-hydrogen) atoms. The van der Waals surface area contributed by atoms with E-state index in [4.69, 9.17) is 15.2 Å². The second-order valence-corrected chi connectivity index (χ2v) is 3.82. The molecule has 0 aliphatic rings.